The van der Waals surface area contributed by atoms with Crippen molar-refractivity contribution in [2.45, 2.75) is 25.9 Å². The van der Waals surface area contributed by atoms with Crippen LogP contribution in [-0.2, 0) is 14.8 Å². The van der Waals surface area contributed by atoms with Crippen molar-refractivity contribution in [1.29, 1.82) is 0 Å². The van der Waals surface area contributed by atoms with Gasteiger partial charge in [-0.15, -0.1) is 0 Å². The molecule has 0 aromatic heterocycles. The molecule has 0 aliphatic rings. The molecule has 0 radical (unpaired) electrons. The highest BCUT2D eigenvalue weighted by Crippen LogP contribution is 2.27. The van der Waals surface area contributed by atoms with E-state index < -0.39 is 28.0 Å². The Morgan fingerprint density at radius 2 is 1.53 bits per heavy atom. The van der Waals surface area contributed by atoms with Gasteiger partial charge in [0.05, 0.1) is 25.1 Å². The maximum Gasteiger partial charge on any atom is 0.244 e. The molecule has 0 saturated carbocycles. The third kappa shape index (κ3) is 5.29. The fraction of sp³-hybridized carbons (Fsp3) is 0.240. The minimum Gasteiger partial charge on any atom is -0.497 e. The quantitative estimate of drug-likeness (QED) is 0.559. The van der Waals surface area contributed by atoms with Crippen molar-refractivity contribution in [3.63, 3.8) is 0 Å². The van der Waals surface area contributed by atoms with Gasteiger partial charge in [-0.05, 0) is 54.8 Å². The fourth-order valence-electron chi connectivity index (χ4n) is 3.70. The lowest BCUT2D eigenvalue weighted by Gasteiger charge is -2.30. The molecule has 1 N–H and O–H groups in total. The average molecular weight is 453 g/mol. The molecule has 0 saturated heterocycles. The Kier molecular flexibility index (Phi) is 7.20. The number of hydrogen-bond acceptors (Lipinski definition) is 4. The summed E-state index contributed by atoms with van der Waals surface area (Å²) in [6.07, 6.45) is 1.09. The number of carbonyl (C=O) groups excluding carboxylic acids is 1. The average Bonchev–Trinajstić information content (AvgIpc) is 2.78. The number of carbonyl (C=O) groups is 1. The third-order valence-corrected chi connectivity index (χ3v) is 6.58. The van der Waals surface area contributed by atoms with E-state index in [-0.39, 0.29) is 0 Å². The van der Waals surface area contributed by atoms with Crippen LogP contribution in [0.5, 0.6) is 5.75 Å². The number of nitrogens with zero attached hydrogens (tertiary/aromatic N) is 1. The van der Waals surface area contributed by atoms with Crippen LogP contribution in [0.4, 0.5) is 5.69 Å². The molecule has 3 rings (SSSR count). The van der Waals surface area contributed by atoms with Gasteiger partial charge in [0.1, 0.15) is 11.8 Å². The SMILES string of the molecule is COc1ccc(N([C@@H](C)C(=O)N[C@H](c2ccccc2)c2ccccc2C)S(C)(=O)=O)cc1. The fourth-order valence-corrected chi connectivity index (χ4v) is 4.87. The van der Waals surface area contributed by atoms with Gasteiger partial charge in [0.25, 0.3) is 0 Å². The highest BCUT2D eigenvalue weighted by molar-refractivity contribution is 7.92. The number of anilines is 1. The molecule has 7 heteroatoms. The van der Waals surface area contributed by atoms with Gasteiger partial charge in [0.2, 0.25) is 15.9 Å². The summed E-state index contributed by atoms with van der Waals surface area (Å²) in [6.45, 7) is 3.57. The molecule has 0 aliphatic heterocycles. The highest BCUT2D eigenvalue weighted by Gasteiger charge is 2.31. The minimum absolute atomic E-state index is 0.392. The lowest BCUT2D eigenvalue weighted by Crippen LogP contribution is -2.48. The Morgan fingerprint density at radius 1 is 0.938 bits per heavy atom. The van der Waals surface area contributed by atoms with E-state index in [9.17, 15) is 13.2 Å². The van der Waals surface area contributed by atoms with Crippen molar-refractivity contribution in [1.82, 2.24) is 5.32 Å². The summed E-state index contributed by atoms with van der Waals surface area (Å²) in [7, 11) is -2.19. The summed E-state index contributed by atoms with van der Waals surface area (Å²) >= 11 is 0. The smallest absolute Gasteiger partial charge is 0.244 e. The summed E-state index contributed by atoms with van der Waals surface area (Å²) in [4.78, 5) is 13.4. The second-order valence-corrected chi connectivity index (χ2v) is 9.50. The number of hydrogen-bond donors (Lipinski definition) is 1. The normalized spacial score (nSPS) is 13.1. The number of aryl methyl sites for hydroxylation is 1. The Labute approximate surface area is 189 Å². The topological polar surface area (TPSA) is 75.7 Å². The number of ether oxygens (including phenoxy) is 1. The van der Waals surface area contributed by atoms with Gasteiger partial charge in [-0.25, -0.2) is 8.42 Å². The first-order valence-corrected chi connectivity index (χ1v) is 12.1. The van der Waals surface area contributed by atoms with Crippen molar-refractivity contribution in [3.05, 3.63) is 95.6 Å². The Morgan fingerprint density at radius 3 is 2.09 bits per heavy atom. The van der Waals surface area contributed by atoms with Gasteiger partial charge in [0.15, 0.2) is 0 Å². The van der Waals surface area contributed by atoms with E-state index in [0.29, 0.717) is 11.4 Å². The first-order valence-electron chi connectivity index (χ1n) is 10.3. The van der Waals surface area contributed by atoms with E-state index in [2.05, 4.69) is 5.32 Å². The van der Waals surface area contributed by atoms with Gasteiger partial charge in [0, 0.05) is 0 Å². The maximum atomic E-state index is 13.4. The largest absolute Gasteiger partial charge is 0.497 e. The second kappa shape index (κ2) is 9.87. The van der Waals surface area contributed by atoms with Crippen molar-refractivity contribution in [2.24, 2.45) is 0 Å². The van der Waals surface area contributed by atoms with Crippen molar-refractivity contribution in [2.75, 3.05) is 17.7 Å². The Balaban J connectivity index is 1.95. The van der Waals surface area contributed by atoms with Crippen molar-refractivity contribution < 1.29 is 17.9 Å². The van der Waals surface area contributed by atoms with Crippen molar-refractivity contribution in [3.8, 4) is 5.75 Å². The zero-order valence-corrected chi connectivity index (χ0v) is 19.5. The van der Waals surface area contributed by atoms with Gasteiger partial charge >= 0.3 is 0 Å². The molecule has 6 nitrogen and oxygen atoms in total. The molecule has 0 fully saturated rings. The Hall–Kier alpha value is -3.32. The highest BCUT2D eigenvalue weighted by atomic mass is 32.2. The predicted octanol–water partition coefficient (Wildman–Crippen LogP) is 4.06. The Bertz CT molecular complexity index is 1160. The number of methoxy groups -OCH3 is 1. The van der Waals surface area contributed by atoms with E-state index >= 15 is 0 Å². The summed E-state index contributed by atoms with van der Waals surface area (Å²) in [6, 6.07) is 22.7. The molecule has 0 bridgehead atoms. The molecular weight excluding hydrogens is 424 g/mol. The van der Waals surface area contributed by atoms with Crippen LogP contribution < -0.4 is 14.4 Å². The van der Waals surface area contributed by atoms with Gasteiger partial charge in [-0.2, -0.15) is 0 Å². The third-order valence-electron chi connectivity index (χ3n) is 5.33. The molecule has 0 unspecified atom stereocenters. The van der Waals surface area contributed by atoms with Crippen LogP contribution in [0.2, 0.25) is 0 Å². The van der Waals surface area contributed by atoms with E-state index in [1.165, 1.54) is 7.11 Å². The standard InChI is InChI=1S/C25H28N2O4S/c1-18-10-8-9-13-23(18)24(20-11-6-5-7-12-20)26-25(28)19(2)27(32(4,29)30)21-14-16-22(31-3)17-15-21/h5-17,19,24H,1-4H3,(H,26,28)/t19-,24+/m0/s1. The molecule has 3 aromatic rings. The molecule has 1 amide bonds. The van der Waals surface area contributed by atoms with Crippen LogP contribution in [0.3, 0.4) is 0 Å². The first-order chi connectivity index (χ1) is 15.2. The van der Waals surface area contributed by atoms with E-state index in [1.54, 1.807) is 31.2 Å². The number of sulfonamides is 1. The predicted molar refractivity (Wildman–Crippen MR) is 127 cm³/mol. The van der Waals surface area contributed by atoms with E-state index in [1.807, 2.05) is 61.5 Å². The monoisotopic (exact) mass is 452 g/mol. The van der Waals surface area contributed by atoms with Crippen LogP contribution in [-0.4, -0.2) is 33.7 Å². The number of benzene rings is 3. The summed E-state index contributed by atoms with van der Waals surface area (Å²) in [5, 5.41) is 3.07. The summed E-state index contributed by atoms with van der Waals surface area (Å²) < 4.78 is 31.5. The van der Waals surface area contributed by atoms with Crippen molar-refractivity contribution >= 4 is 21.6 Å². The molecule has 0 heterocycles. The second-order valence-electron chi connectivity index (χ2n) is 7.64. The first kappa shape index (κ1) is 23.3. The maximum absolute atomic E-state index is 13.4. The zero-order chi connectivity index (χ0) is 23.3. The van der Waals surface area contributed by atoms with Gasteiger partial charge in [-0.1, -0.05) is 54.6 Å². The molecule has 2 atom stereocenters. The lowest BCUT2D eigenvalue weighted by atomic mass is 9.94. The van der Waals surface area contributed by atoms with Gasteiger partial charge < -0.3 is 10.1 Å². The minimum atomic E-state index is -3.72. The van der Waals surface area contributed by atoms with Crippen LogP contribution in [0.15, 0.2) is 78.9 Å². The lowest BCUT2D eigenvalue weighted by molar-refractivity contribution is -0.122. The van der Waals surface area contributed by atoms with Gasteiger partial charge in [-0.3, -0.25) is 9.10 Å². The molecule has 3 aromatic carbocycles. The molecule has 0 aliphatic carbocycles. The molecular formula is C25H28N2O4S. The molecule has 168 valence electrons. The van der Waals surface area contributed by atoms with Crippen LogP contribution in [0.25, 0.3) is 0 Å². The zero-order valence-electron chi connectivity index (χ0n) is 18.6. The van der Waals surface area contributed by atoms with E-state index in [4.69, 9.17) is 4.74 Å². The number of nitrogens with one attached hydrogen (secondary N) is 1. The molecule has 0 spiro atoms. The number of rotatable bonds is 8. The van der Waals surface area contributed by atoms with E-state index in [0.717, 1.165) is 27.3 Å². The molecule has 32 heavy (non-hydrogen) atoms. The van der Waals surface area contributed by atoms with Crippen LogP contribution in [0.1, 0.15) is 29.7 Å². The van der Waals surface area contributed by atoms with Crippen LogP contribution >= 0.6 is 0 Å². The van der Waals surface area contributed by atoms with Crippen LogP contribution in [0, 0.1) is 6.92 Å². The number of amides is 1. The summed E-state index contributed by atoms with van der Waals surface area (Å²) in [5.41, 5.74) is 3.29. The summed E-state index contributed by atoms with van der Waals surface area (Å²) in [5.74, 6) is 0.200.